The molecule has 0 radical (unpaired) electrons. The second-order valence-corrected chi connectivity index (χ2v) is 5.75. The summed E-state index contributed by atoms with van der Waals surface area (Å²) in [5.74, 6) is 0.458. The summed E-state index contributed by atoms with van der Waals surface area (Å²) in [7, 11) is 0. The summed E-state index contributed by atoms with van der Waals surface area (Å²) in [6, 6.07) is 5.12. The summed E-state index contributed by atoms with van der Waals surface area (Å²) in [5.41, 5.74) is 7.22. The van der Waals surface area contributed by atoms with Crippen LogP contribution in [0.4, 0.5) is 5.69 Å². The third-order valence-electron chi connectivity index (χ3n) is 3.71. The van der Waals surface area contributed by atoms with Crippen LogP contribution < -0.4 is 5.73 Å². The van der Waals surface area contributed by atoms with Gasteiger partial charge in [0.05, 0.1) is 9.40 Å². The Hall–Kier alpha value is -0.650. The molecule has 6 heteroatoms. The van der Waals surface area contributed by atoms with Crippen molar-refractivity contribution < 1.29 is 4.92 Å². The van der Waals surface area contributed by atoms with Gasteiger partial charge in [0.2, 0.25) is 0 Å². The second kappa shape index (κ2) is 7.22. The van der Waals surface area contributed by atoms with Crippen LogP contribution >= 0.6 is 28.3 Å². The van der Waals surface area contributed by atoms with E-state index >= 15 is 0 Å². The number of nitrogens with zero attached hydrogens (tertiary/aromatic N) is 1. The molecule has 1 aliphatic carbocycles. The summed E-state index contributed by atoms with van der Waals surface area (Å²) in [6.07, 6.45) is 5.98. The molecule has 0 unspecified atom stereocenters. The summed E-state index contributed by atoms with van der Waals surface area (Å²) in [4.78, 5) is 10.5. The van der Waals surface area contributed by atoms with Gasteiger partial charge in [0, 0.05) is 12.1 Å². The smallest absolute Gasteiger partial charge is 0.283 e. The average molecular weight is 350 g/mol. The van der Waals surface area contributed by atoms with Crippen LogP contribution in [0.1, 0.15) is 43.7 Å². The van der Waals surface area contributed by atoms with E-state index in [1.165, 1.54) is 19.3 Å². The van der Waals surface area contributed by atoms with Gasteiger partial charge in [0.25, 0.3) is 5.69 Å². The van der Waals surface area contributed by atoms with Gasteiger partial charge >= 0.3 is 0 Å². The Morgan fingerprint density at radius 3 is 2.53 bits per heavy atom. The van der Waals surface area contributed by atoms with Gasteiger partial charge < -0.3 is 5.73 Å². The van der Waals surface area contributed by atoms with Gasteiger partial charge in [-0.2, -0.15) is 0 Å². The maximum absolute atomic E-state index is 10.9. The molecule has 1 fully saturated rings. The van der Waals surface area contributed by atoms with Crippen LogP contribution in [0.3, 0.4) is 0 Å². The van der Waals surface area contributed by atoms with E-state index < -0.39 is 0 Å². The number of nitrogens with two attached hydrogens (primary N) is 1. The van der Waals surface area contributed by atoms with Crippen molar-refractivity contribution in [2.45, 2.75) is 38.1 Å². The number of hydrogen-bond donors (Lipinski definition) is 1. The van der Waals surface area contributed by atoms with E-state index in [0.29, 0.717) is 10.4 Å². The molecule has 1 aliphatic rings. The minimum atomic E-state index is -0.374. The maximum Gasteiger partial charge on any atom is 0.283 e. The van der Waals surface area contributed by atoms with Crippen molar-refractivity contribution in [2.75, 3.05) is 0 Å². The molecule has 1 saturated carbocycles. The molecule has 2 rings (SSSR count). The first-order chi connectivity index (χ1) is 8.59. The SMILES string of the molecule is Cl.N[C@@H](c1ccc(Br)c([N+](=O)[O-])c1)C1CCCCC1. The van der Waals surface area contributed by atoms with E-state index in [-0.39, 0.29) is 29.1 Å². The number of nitro groups is 1. The Morgan fingerprint density at radius 2 is 1.95 bits per heavy atom. The molecule has 1 aromatic carbocycles. The lowest BCUT2D eigenvalue weighted by Gasteiger charge is -2.27. The predicted molar refractivity (Wildman–Crippen MR) is 81.5 cm³/mol. The van der Waals surface area contributed by atoms with E-state index in [1.54, 1.807) is 12.1 Å². The zero-order chi connectivity index (χ0) is 13.1. The monoisotopic (exact) mass is 348 g/mol. The quantitative estimate of drug-likeness (QED) is 0.651. The van der Waals surface area contributed by atoms with Gasteiger partial charge in [-0.25, -0.2) is 0 Å². The second-order valence-electron chi connectivity index (χ2n) is 4.89. The molecule has 0 spiro atoms. The third kappa shape index (κ3) is 3.91. The molecule has 0 bridgehead atoms. The molecule has 0 saturated heterocycles. The van der Waals surface area contributed by atoms with Gasteiger partial charge in [-0.15, -0.1) is 12.4 Å². The van der Waals surface area contributed by atoms with E-state index in [0.717, 1.165) is 18.4 Å². The van der Waals surface area contributed by atoms with Crippen molar-refractivity contribution in [1.82, 2.24) is 0 Å². The zero-order valence-electron chi connectivity index (χ0n) is 10.5. The molecule has 1 atom stereocenters. The van der Waals surface area contributed by atoms with E-state index in [1.807, 2.05) is 6.07 Å². The Morgan fingerprint density at radius 1 is 1.32 bits per heavy atom. The van der Waals surface area contributed by atoms with Gasteiger partial charge in [-0.3, -0.25) is 10.1 Å². The molecule has 2 N–H and O–H groups in total. The fourth-order valence-electron chi connectivity index (χ4n) is 2.64. The first kappa shape index (κ1) is 16.4. The number of benzene rings is 1. The Kier molecular flexibility index (Phi) is 6.23. The molecule has 0 aliphatic heterocycles. The summed E-state index contributed by atoms with van der Waals surface area (Å²) in [5, 5.41) is 10.9. The van der Waals surface area contributed by atoms with Crippen LogP contribution in [0.2, 0.25) is 0 Å². The van der Waals surface area contributed by atoms with Crippen molar-refractivity contribution in [3.05, 3.63) is 38.3 Å². The lowest BCUT2D eigenvalue weighted by molar-refractivity contribution is -0.385. The van der Waals surface area contributed by atoms with Gasteiger partial charge in [0.15, 0.2) is 0 Å². The Balaban J connectivity index is 0.00000180. The molecular formula is C13H18BrClN2O2. The maximum atomic E-state index is 10.9. The average Bonchev–Trinajstić information content (AvgIpc) is 2.39. The number of halogens is 2. The molecule has 4 nitrogen and oxygen atoms in total. The van der Waals surface area contributed by atoms with Crippen LogP contribution in [0.25, 0.3) is 0 Å². The topological polar surface area (TPSA) is 69.2 Å². The fraction of sp³-hybridized carbons (Fsp3) is 0.538. The summed E-state index contributed by atoms with van der Waals surface area (Å²) < 4.78 is 0.507. The van der Waals surface area contributed by atoms with Crippen LogP contribution in [-0.2, 0) is 0 Å². The highest BCUT2D eigenvalue weighted by Crippen LogP contribution is 2.35. The predicted octanol–water partition coefficient (Wildman–Crippen LogP) is 4.36. The molecule has 19 heavy (non-hydrogen) atoms. The van der Waals surface area contributed by atoms with Crippen molar-refractivity contribution in [3.63, 3.8) is 0 Å². The van der Waals surface area contributed by atoms with Crippen molar-refractivity contribution >= 4 is 34.0 Å². The van der Waals surface area contributed by atoms with E-state index in [9.17, 15) is 10.1 Å². The highest BCUT2D eigenvalue weighted by atomic mass is 79.9. The van der Waals surface area contributed by atoms with Crippen molar-refractivity contribution in [3.8, 4) is 0 Å². The summed E-state index contributed by atoms with van der Waals surface area (Å²) in [6.45, 7) is 0. The van der Waals surface area contributed by atoms with E-state index in [4.69, 9.17) is 5.73 Å². The lowest BCUT2D eigenvalue weighted by atomic mass is 9.81. The zero-order valence-corrected chi connectivity index (χ0v) is 13.0. The minimum absolute atomic E-state index is 0. The van der Waals surface area contributed by atoms with E-state index in [2.05, 4.69) is 15.9 Å². The van der Waals surface area contributed by atoms with Crippen LogP contribution in [0, 0.1) is 16.0 Å². The van der Waals surface area contributed by atoms with Crippen LogP contribution in [0.15, 0.2) is 22.7 Å². The van der Waals surface area contributed by atoms with Gasteiger partial charge in [-0.05, 0) is 46.3 Å². The van der Waals surface area contributed by atoms with Gasteiger partial charge in [0.1, 0.15) is 0 Å². The standard InChI is InChI=1S/C13H17BrN2O2.ClH/c14-11-7-6-10(8-12(11)16(17)18)13(15)9-4-2-1-3-5-9;/h6-9,13H,1-5,15H2;1H/t13-;/m1./s1. The Bertz CT molecular complexity index is 450. The van der Waals surface area contributed by atoms with Gasteiger partial charge in [-0.1, -0.05) is 25.3 Å². The minimum Gasteiger partial charge on any atom is -0.324 e. The number of hydrogen-bond acceptors (Lipinski definition) is 3. The third-order valence-corrected chi connectivity index (χ3v) is 4.38. The van der Waals surface area contributed by atoms with Crippen LogP contribution in [0.5, 0.6) is 0 Å². The lowest BCUT2D eigenvalue weighted by Crippen LogP contribution is -2.23. The highest BCUT2D eigenvalue weighted by molar-refractivity contribution is 9.10. The molecule has 0 amide bonds. The van der Waals surface area contributed by atoms with Crippen molar-refractivity contribution in [2.24, 2.45) is 11.7 Å². The van der Waals surface area contributed by atoms with Crippen molar-refractivity contribution in [1.29, 1.82) is 0 Å². The molecule has 0 aromatic heterocycles. The molecule has 0 heterocycles. The van der Waals surface area contributed by atoms with Crippen LogP contribution in [-0.4, -0.2) is 4.92 Å². The first-order valence-electron chi connectivity index (χ1n) is 6.29. The largest absolute Gasteiger partial charge is 0.324 e. The number of nitro benzene ring substituents is 1. The summed E-state index contributed by atoms with van der Waals surface area (Å²) >= 11 is 3.19. The normalized spacial score (nSPS) is 17.6. The Labute approximate surface area is 127 Å². The first-order valence-corrected chi connectivity index (χ1v) is 7.08. The molecule has 106 valence electrons. The number of rotatable bonds is 3. The highest BCUT2D eigenvalue weighted by Gasteiger charge is 2.23. The molecular weight excluding hydrogens is 332 g/mol. The molecule has 1 aromatic rings. The fourth-order valence-corrected chi connectivity index (χ4v) is 3.03.